The van der Waals surface area contributed by atoms with E-state index in [1.165, 1.54) is 12.8 Å². The summed E-state index contributed by atoms with van der Waals surface area (Å²) in [7, 11) is 1.91. The summed E-state index contributed by atoms with van der Waals surface area (Å²) >= 11 is 0. The van der Waals surface area contributed by atoms with E-state index in [-0.39, 0.29) is 11.3 Å². The molecule has 1 aliphatic carbocycles. The molecule has 0 spiro atoms. The molecule has 17 heavy (non-hydrogen) atoms. The first-order valence-corrected chi connectivity index (χ1v) is 6.75. The summed E-state index contributed by atoms with van der Waals surface area (Å²) < 4.78 is 0. The van der Waals surface area contributed by atoms with Crippen molar-refractivity contribution in [1.82, 2.24) is 4.90 Å². The Kier molecular flexibility index (Phi) is 4.59. The van der Waals surface area contributed by atoms with E-state index in [4.69, 9.17) is 5.73 Å². The largest absolute Gasteiger partial charge is 0.341 e. The highest BCUT2D eigenvalue weighted by Crippen LogP contribution is 2.28. The van der Waals surface area contributed by atoms with Gasteiger partial charge < -0.3 is 10.6 Å². The lowest BCUT2D eigenvalue weighted by atomic mass is 9.84. The van der Waals surface area contributed by atoms with Crippen LogP contribution in [0.3, 0.4) is 0 Å². The van der Waals surface area contributed by atoms with E-state index in [9.17, 15) is 4.79 Å². The number of rotatable bonds is 2. The Balaban J connectivity index is 2.58. The van der Waals surface area contributed by atoms with E-state index >= 15 is 0 Å². The van der Waals surface area contributed by atoms with E-state index in [0.717, 1.165) is 18.8 Å². The van der Waals surface area contributed by atoms with Crippen LogP contribution in [0.1, 0.15) is 53.4 Å². The predicted molar refractivity (Wildman–Crippen MR) is 71.6 cm³/mol. The number of hydrogen-bond acceptors (Lipinski definition) is 2. The Morgan fingerprint density at radius 1 is 1.24 bits per heavy atom. The normalized spacial score (nSPS) is 27.6. The number of likely N-dealkylation sites (N-methyl/N-ethyl adjacent to an activating group) is 1. The second-order valence-corrected chi connectivity index (χ2v) is 6.71. The molecule has 1 amide bonds. The molecule has 0 heterocycles. The van der Waals surface area contributed by atoms with E-state index in [0.29, 0.717) is 6.04 Å². The molecule has 100 valence electrons. The molecule has 1 saturated carbocycles. The maximum absolute atomic E-state index is 12.3. The first-order valence-electron chi connectivity index (χ1n) is 6.75. The third-order valence-electron chi connectivity index (χ3n) is 4.08. The van der Waals surface area contributed by atoms with Crippen molar-refractivity contribution in [1.29, 1.82) is 0 Å². The molecule has 3 heteroatoms. The first-order chi connectivity index (χ1) is 7.73. The zero-order valence-corrected chi connectivity index (χ0v) is 12.0. The van der Waals surface area contributed by atoms with Gasteiger partial charge in [-0.05, 0) is 37.0 Å². The van der Waals surface area contributed by atoms with Crippen molar-refractivity contribution in [3.63, 3.8) is 0 Å². The lowest BCUT2D eigenvalue weighted by Gasteiger charge is -2.37. The van der Waals surface area contributed by atoms with Crippen molar-refractivity contribution in [2.45, 2.75) is 65.5 Å². The van der Waals surface area contributed by atoms with Crippen LogP contribution in [-0.2, 0) is 4.79 Å². The maximum atomic E-state index is 12.3. The van der Waals surface area contributed by atoms with Gasteiger partial charge in [0.15, 0.2) is 0 Å². The Hall–Kier alpha value is -0.570. The standard InChI is InChI=1S/C14H28N2O/c1-10-6-8-11(9-7-10)16(5)13(17)12(15)14(2,3)4/h10-12H,6-9,15H2,1-5H3/t10?,11?,12-/m1/s1. The van der Waals surface area contributed by atoms with Gasteiger partial charge in [0.25, 0.3) is 0 Å². The molecule has 1 atom stereocenters. The summed E-state index contributed by atoms with van der Waals surface area (Å²) in [4.78, 5) is 14.2. The molecule has 0 aromatic heterocycles. The van der Waals surface area contributed by atoms with Crippen LogP contribution < -0.4 is 5.73 Å². The van der Waals surface area contributed by atoms with E-state index in [1.807, 2.05) is 32.7 Å². The third-order valence-corrected chi connectivity index (χ3v) is 4.08. The fourth-order valence-corrected chi connectivity index (χ4v) is 2.40. The van der Waals surface area contributed by atoms with Crippen molar-refractivity contribution in [3.8, 4) is 0 Å². The average molecular weight is 240 g/mol. The van der Waals surface area contributed by atoms with Crippen LogP contribution in [0.25, 0.3) is 0 Å². The number of carbonyl (C=O) groups is 1. The van der Waals surface area contributed by atoms with E-state index < -0.39 is 6.04 Å². The zero-order valence-electron chi connectivity index (χ0n) is 12.0. The van der Waals surface area contributed by atoms with Gasteiger partial charge in [0.1, 0.15) is 0 Å². The van der Waals surface area contributed by atoms with Gasteiger partial charge in [-0.3, -0.25) is 4.79 Å². The molecule has 0 aliphatic heterocycles. The number of nitrogens with two attached hydrogens (primary N) is 1. The van der Waals surface area contributed by atoms with E-state index in [1.54, 1.807) is 0 Å². The van der Waals surface area contributed by atoms with Crippen LogP contribution in [0, 0.1) is 11.3 Å². The molecule has 2 N–H and O–H groups in total. The minimum Gasteiger partial charge on any atom is -0.341 e. The van der Waals surface area contributed by atoms with Crippen molar-refractivity contribution in [3.05, 3.63) is 0 Å². The van der Waals surface area contributed by atoms with Gasteiger partial charge in [-0.25, -0.2) is 0 Å². The number of carbonyl (C=O) groups excluding carboxylic acids is 1. The number of nitrogens with zero attached hydrogens (tertiary/aromatic N) is 1. The Labute approximate surface area is 106 Å². The minimum atomic E-state index is -0.396. The predicted octanol–water partition coefficient (Wildman–Crippen LogP) is 2.40. The molecule has 0 aromatic rings. The molecule has 0 radical (unpaired) electrons. The third kappa shape index (κ3) is 3.70. The molecule has 3 nitrogen and oxygen atoms in total. The van der Waals surface area contributed by atoms with Crippen LogP contribution in [0.4, 0.5) is 0 Å². The quantitative estimate of drug-likeness (QED) is 0.805. The van der Waals surface area contributed by atoms with Crippen molar-refractivity contribution < 1.29 is 4.79 Å². The molecule has 1 aliphatic rings. The molecule has 0 unspecified atom stereocenters. The van der Waals surface area contributed by atoms with Gasteiger partial charge >= 0.3 is 0 Å². The van der Waals surface area contributed by atoms with Crippen LogP contribution in [0.2, 0.25) is 0 Å². The minimum absolute atomic E-state index is 0.0945. The van der Waals surface area contributed by atoms with E-state index in [2.05, 4.69) is 6.92 Å². The summed E-state index contributed by atoms with van der Waals surface area (Å²) in [5, 5.41) is 0. The summed E-state index contributed by atoms with van der Waals surface area (Å²) in [6, 6.07) is -0.000972. The van der Waals surface area contributed by atoms with Gasteiger partial charge in [-0.1, -0.05) is 27.7 Å². The second kappa shape index (κ2) is 5.38. The fraction of sp³-hybridized carbons (Fsp3) is 0.929. The topological polar surface area (TPSA) is 46.3 Å². The highest BCUT2D eigenvalue weighted by Gasteiger charge is 2.33. The summed E-state index contributed by atoms with van der Waals surface area (Å²) in [5.41, 5.74) is 5.88. The summed E-state index contributed by atoms with van der Waals surface area (Å²) in [5.74, 6) is 0.906. The lowest BCUT2D eigenvalue weighted by molar-refractivity contribution is -0.136. The number of amides is 1. The molecule has 0 saturated heterocycles. The Morgan fingerprint density at radius 2 is 1.71 bits per heavy atom. The zero-order chi connectivity index (χ0) is 13.2. The molecular formula is C14H28N2O. The van der Waals surface area contributed by atoms with Crippen molar-refractivity contribution in [2.75, 3.05) is 7.05 Å². The van der Waals surface area contributed by atoms with Crippen LogP contribution in [-0.4, -0.2) is 29.9 Å². The first kappa shape index (κ1) is 14.5. The highest BCUT2D eigenvalue weighted by atomic mass is 16.2. The molecular weight excluding hydrogens is 212 g/mol. The molecule has 0 bridgehead atoms. The smallest absolute Gasteiger partial charge is 0.240 e. The Morgan fingerprint density at radius 3 is 2.12 bits per heavy atom. The fourth-order valence-electron chi connectivity index (χ4n) is 2.40. The summed E-state index contributed by atoms with van der Waals surface area (Å²) in [6.07, 6.45) is 4.71. The monoisotopic (exact) mass is 240 g/mol. The lowest BCUT2D eigenvalue weighted by Crippen LogP contribution is -2.52. The molecule has 1 fully saturated rings. The summed E-state index contributed by atoms with van der Waals surface area (Å²) in [6.45, 7) is 8.35. The molecule has 0 aromatic carbocycles. The van der Waals surface area contributed by atoms with Gasteiger partial charge in [0, 0.05) is 13.1 Å². The van der Waals surface area contributed by atoms with Crippen molar-refractivity contribution in [2.24, 2.45) is 17.1 Å². The SMILES string of the molecule is CC1CCC(N(C)C(=O)[C@@H](N)C(C)(C)C)CC1. The van der Waals surface area contributed by atoms with Gasteiger partial charge in [0.2, 0.25) is 5.91 Å². The van der Waals surface area contributed by atoms with Gasteiger partial charge in [0.05, 0.1) is 6.04 Å². The van der Waals surface area contributed by atoms with Crippen molar-refractivity contribution >= 4 is 5.91 Å². The highest BCUT2D eigenvalue weighted by molar-refractivity contribution is 5.82. The maximum Gasteiger partial charge on any atom is 0.240 e. The van der Waals surface area contributed by atoms with Crippen LogP contribution >= 0.6 is 0 Å². The Bertz CT molecular complexity index is 262. The van der Waals surface area contributed by atoms with Gasteiger partial charge in [-0.2, -0.15) is 0 Å². The van der Waals surface area contributed by atoms with Crippen LogP contribution in [0.5, 0.6) is 0 Å². The average Bonchev–Trinajstić information content (AvgIpc) is 2.26. The van der Waals surface area contributed by atoms with Gasteiger partial charge in [-0.15, -0.1) is 0 Å². The second-order valence-electron chi connectivity index (χ2n) is 6.71. The number of hydrogen-bond donors (Lipinski definition) is 1. The molecule has 1 rings (SSSR count). The van der Waals surface area contributed by atoms with Crippen LogP contribution in [0.15, 0.2) is 0 Å².